The number of rotatable bonds is 3. The van der Waals surface area contributed by atoms with Crippen molar-refractivity contribution in [3.63, 3.8) is 0 Å². The Labute approximate surface area is 100 Å². The Hall–Kier alpha value is -1.76. The number of nitrogens with two attached hydrogens (primary N) is 2. The summed E-state index contributed by atoms with van der Waals surface area (Å²) in [5.41, 5.74) is 10.8. The number of carbonyl (C=O) groups is 2. The predicted octanol–water partition coefficient (Wildman–Crippen LogP) is 0.605. The van der Waals surface area contributed by atoms with Gasteiger partial charge in [-0.2, -0.15) is 0 Å². The maximum absolute atomic E-state index is 11.0. The lowest BCUT2D eigenvalue weighted by Gasteiger charge is -2.07. The van der Waals surface area contributed by atoms with E-state index in [2.05, 4.69) is 15.9 Å². The van der Waals surface area contributed by atoms with Crippen molar-refractivity contribution in [2.24, 2.45) is 5.73 Å². The fourth-order valence-corrected chi connectivity index (χ4v) is 1.31. The summed E-state index contributed by atoms with van der Waals surface area (Å²) in [6, 6.07) is 4.01. The molecule has 0 bridgehead atoms. The molecule has 86 valence electrons. The van der Waals surface area contributed by atoms with Crippen LogP contribution in [0.25, 0.3) is 0 Å². The van der Waals surface area contributed by atoms with Gasteiger partial charge in [0.15, 0.2) is 6.61 Å². The molecule has 0 spiro atoms. The van der Waals surface area contributed by atoms with Gasteiger partial charge < -0.3 is 16.2 Å². The fraction of sp³-hybridized carbons (Fsp3) is 0.111. The van der Waals surface area contributed by atoms with Gasteiger partial charge in [0.25, 0.3) is 5.91 Å². The summed E-state index contributed by atoms with van der Waals surface area (Å²) >= 11 is 3.23. The van der Waals surface area contributed by atoms with Crippen LogP contribution < -0.4 is 21.5 Å². The highest BCUT2D eigenvalue weighted by Gasteiger charge is 2.07. The van der Waals surface area contributed by atoms with Gasteiger partial charge in [0.1, 0.15) is 5.75 Å². The van der Waals surface area contributed by atoms with Crippen LogP contribution in [0.5, 0.6) is 5.75 Å². The summed E-state index contributed by atoms with van der Waals surface area (Å²) < 4.78 is 5.79. The second-order valence-electron chi connectivity index (χ2n) is 2.89. The van der Waals surface area contributed by atoms with Crippen molar-refractivity contribution in [2.75, 3.05) is 12.3 Å². The maximum Gasteiger partial charge on any atom is 0.318 e. The number of ether oxygens (including phenoxy) is 1. The lowest BCUT2D eigenvalue weighted by Crippen LogP contribution is -2.38. The Morgan fingerprint density at radius 3 is 2.75 bits per heavy atom. The molecule has 1 aromatic carbocycles. The number of anilines is 1. The summed E-state index contributed by atoms with van der Waals surface area (Å²) in [6.45, 7) is -0.314. The number of imide groups is 1. The van der Waals surface area contributed by atoms with Crippen LogP contribution in [0.2, 0.25) is 0 Å². The number of amides is 3. The Morgan fingerprint density at radius 1 is 1.44 bits per heavy atom. The molecule has 0 radical (unpaired) electrons. The van der Waals surface area contributed by atoms with Gasteiger partial charge in [-0.3, -0.25) is 10.1 Å². The Kier molecular flexibility index (Phi) is 4.12. The van der Waals surface area contributed by atoms with Crippen LogP contribution in [0, 0.1) is 0 Å². The van der Waals surface area contributed by atoms with Crippen molar-refractivity contribution in [3.8, 4) is 5.75 Å². The lowest BCUT2D eigenvalue weighted by atomic mass is 10.3. The third kappa shape index (κ3) is 3.77. The number of nitrogens with one attached hydrogen (secondary N) is 1. The summed E-state index contributed by atoms with van der Waals surface area (Å²) in [6.07, 6.45) is 0. The van der Waals surface area contributed by atoms with Gasteiger partial charge in [-0.25, -0.2) is 4.79 Å². The fourth-order valence-electron chi connectivity index (χ4n) is 0.947. The summed E-state index contributed by atoms with van der Waals surface area (Å²) in [5, 5.41) is 1.88. The molecular formula is C9H10BrN3O3. The molecule has 0 aliphatic rings. The minimum Gasteiger partial charge on any atom is -0.483 e. The summed E-state index contributed by atoms with van der Waals surface area (Å²) in [7, 11) is 0. The summed E-state index contributed by atoms with van der Waals surface area (Å²) in [4.78, 5) is 21.4. The molecule has 6 nitrogen and oxygen atoms in total. The van der Waals surface area contributed by atoms with Gasteiger partial charge in [0.2, 0.25) is 0 Å². The van der Waals surface area contributed by atoms with Gasteiger partial charge in [-0.05, 0) is 28.1 Å². The number of hydrogen-bond donors (Lipinski definition) is 3. The quantitative estimate of drug-likeness (QED) is 0.708. The van der Waals surface area contributed by atoms with Crippen molar-refractivity contribution in [1.82, 2.24) is 5.32 Å². The van der Waals surface area contributed by atoms with Gasteiger partial charge >= 0.3 is 6.03 Å². The van der Waals surface area contributed by atoms with E-state index in [4.69, 9.17) is 16.2 Å². The molecule has 0 atom stereocenters. The highest BCUT2D eigenvalue weighted by atomic mass is 79.9. The van der Waals surface area contributed by atoms with Crippen LogP contribution in [0.3, 0.4) is 0 Å². The first-order valence-corrected chi connectivity index (χ1v) is 5.05. The number of nitrogen functional groups attached to an aromatic ring is 1. The molecule has 0 saturated heterocycles. The molecule has 1 rings (SSSR count). The van der Waals surface area contributed by atoms with Crippen molar-refractivity contribution in [3.05, 3.63) is 22.7 Å². The largest absolute Gasteiger partial charge is 0.483 e. The van der Waals surface area contributed by atoms with Crippen LogP contribution in [-0.4, -0.2) is 18.5 Å². The van der Waals surface area contributed by atoms with Crippen LogP contribution >= 0.6 is 15.9 Å². The van der Waals surface area contributed by atoms with E-state index in [-0.39, 0.29) is 6.61 Å². The molecule has 0 aliphatic carbocycles. The number of urea groups is 1. The average molecular weight is 288 g/mol. The van der Waals surface area contributed by atoms with Gasteiger partial charge in [-0.1, -0.05) is 0 Å². The van der Waals surface area contributed by atoms with Crippen LogP contribution in [0.4, 0.5) is 10.5 Å². The highest BCUT2D eigenvalue weighted by molar-refractivity contribution is 9.10. The molecule has 0 fully saturated rings. The number of benzene rings is 1. The van der Waals surface area contributed by atoms with E-state index in [1.165, 1.54) is 0 Å². The van der Waals surface area contributed by atoms with E-state index in [0.717, 1.165) is 0 Å². The highest BCUT2D eigenvalue weighted by Crippen LogP contribution is 2.26. The number of carbonyl (C=O) groups excluding carboxylic acids is 2. The molecule has 16 heavy (non-hydrogen) atoms. The minimum atomic E-state index is -0.916. The molecule has 0 heterocycles. The van der Waals surface area contributed by atoms with Crippen LogP contribution in [0.1, 0.15) is 0 Å². The third-order valence-electron chi connectivity index (χ3n) is 1.58. The topological polar surface area (TPSA) is 107 Å². The first-order chi connectivity index (χ1) is 7.49. The van der Waals surface area contributed by atoms with Gasteiger partial charge in [0, 0.05) is 11.8 Å². The second kappa shape index (κ2) is 5.36. The molecule has 3 amide bonds. The van der Waals surface area contributed by atoms with Gasteiger partial charge in [0.05, 0.1) is 4.47 Å². The van der Waals surface area contributed by atoms with Crippen molar-refractivity contribution in [2.45, 2.75) is 0 Å². The van der Waals surface area contributed by atoms with Crippen LogP contribution in [-0.2, 0) is 4.79 Å². The molecular weight excluding hydrogens is 278 g/mol. The Balaban J connectivity index is 2.57. The molecule has 5 N–H and O–H groups in total. The van der Waals surface area contributed by atoms with E-state index in [9.17, 15) is 9.59 Å². The van der Waals surface area contributed by atoms with Crippen molar-refractivity contribution >= 4 is 33.6 Å². The van der Waals surface area contributed by atoms with E-state index < -0.39 is 11.9 Å². The van der Waals surface area contributed by atoms with E-state index >= 15 is 0 Å². The lowest BCUT2D eigenvalue weighted by molar-refractivity contribution is -0.121. The van der Waals surface area contributed by atoms with E-state index in [0.29, 0.717) is 15.9 Å². The zero-order valence-corrected chi connectivity index (χ0v) is 9.78. The van der Waals surface area contributed by atoms with Crippen molar-refractivity contribution in [1.29, 1.82) is 0 Å². The first-order valence-electron chi connectivity index (χ1n) is 4.26. The minimum absolute atomic E-state index is 0.314. The number of halogens is 1. The molecule has 0 aliphatic heterocycles. The maximum atomic E-state index is 11.0. The molecule has 1 aromatic rings. The first kappa shape index (κ1) is 12.3. The smallest absolute Gasteiger partial charge is 0.318 e. The van der Waals surface area contributed by atoms with E-state index in [1.807, 2.05) is 5.32 Å². The zero-order chi connectivity index (χ0) is 12.1. The second-order valence-corrected chi connectivity index (χ2v) is 3.75. The normalized spacial score (nSPS) is 9.56. The average Bonchev–Trinajstić information content (AvgIpc) is 2.18. The third-order valence-corrected chi connectivity index (χ3v) is 2.23. The standard InChI is InChI=1S/C9H10BrN3O3/c10-6-2-1-5(11)3-7(6)16-4-8(14)13-9(12)15/h1-3H,4,11H2,(H3,12,13,14,15). The summed E-state index contributed by atoms with van der Waals surface area (Å²) in [5.74, 6) is -0.207. The number of hydrogen-bond acceptors (Lipinski definition) is 4. The molecule has 0 aromatic heterocycles. The zero-order valence-electron chi connectivity index (χ0n) is 8.20. The van der Waals surface area contributed by atoms with Crippen molar-refractivity contribution < 1.29 is 14.3 Å². The monoisotopic (exact) mass is 287 g/mol. The molecule has 0 unspecified atom stereocenters. The Bertz CT molecular complexity index is 422. The van der Waals surface area contributed by atoms with E-state index in [1.54, 1.807) is 18.2 Å². The van der Waals surface area contributed by atoms with Gasteiger partial charge in [-0.15, -0.1) is 0 Å². The Morgan fingerprint density at radius 2 is 2.12 bits per heavy atom. The van der Waals surface area contributed by atoms with Crippen LogP contribution in [0.15, 0.2) is 22.7 Å². The number of primary amides is 1. The molecule has 0 saturated carbocycles. The SMILES string of the molecule is NC(=O)NC(=O)COc1cc(N)ccc1Br. The predicted molar refractivity (Wildman–Crippen MR) is 61.8 cm³/mol. The molecule has 7 heteroatoms.